The Kier molecular flexibility index (Phi) is 32.0. The first-order valence-corrected chi connectivity index (χ1v) is 36.6. The van der Waals surface area contributed by atoms with Crippen molar-refractivity contribution in [3.05, 3.63) is 69.4 Å². The van der Waals surface area contributed by atoms with Crippen LogP contribution >= 0.6 is 0 Å². The summed E-state index contributed by atoms with van der Waals surface area (Å²) in [5, 5.41) is 30.7. The Morgan fingerprint density at radius 3 is 1.93 bits per heavy atom. The Morgan fingerprint density at radius 2 is 1.34 bits per heavy atom. The number of sulfone groups is 1. The van der Waals surface area contributed by atoms with Crippen molar-refractivity contribution in [2.75, 3.05) is 172 Å². The number of carbonyl (C=O) groups is 6. The topological polar surface area (TPSA) is 414 Å². The van der Waals surface area contributed by atoms with Crippen molar-refractivity contribution in [1.29, 1.82) is 0 Å². The molecule has 0 spiro atoms. The fraction of sp³-hybridized carbons (Fsp3) is 0.618. The molecule has 4 aromatic heterocycles. The number of benzene rings is 1. The van der Waals surface area contributed by atoms with E-state index >= 15 is 0 Å². The van der Waals surface area contributed by atoms with Gasteiger partial charge in [-0.25, -0.2) is 32.8 Å². The van der Waals surface area contributed by atoms with Gasteiger partial charge in [0, 0.05) is 59.9 Å². The molecule has 8 rings (SSSR count). The fourth-order valence-electron chi connectivity index (χ4n) is 11.4. The lowest BCUT2D eigenvalue weighted by atomic mass is 9.86. The molecule has 0 radical (unpaired) electrons. The fourth-order valence-corrected chi connectivity index (χ4v) is 11.8. The number of likely N-dealkylation sites (N-methyl/N-ethyl adjacent to an activating group) is 1. The first-order valence-electron chi connectivity index (χ1n) is 34.7. The molecule has 3 aliphatic rings. The maximum atomic E-state index is 14.0. The highest BCUT2D eigenvalue weighted by Gasteiger charge is 2.46. The Labute approximate surface area is 602 Å². The molecule has 0 bridgehead atoms. The number of nitrogens with zero attached hydrogens (tertiary/aromatic N) is 9. The number of amides is 5. The summed E-state index contributed by atoms with van der Waals surface area (Å²) in [4.78, 5) is 110. The van der Waals surface area contributed by atoms with Gasteiger partial charge in [-0.05, 0) is 83.3 Å². The number of pyridine rings is 2. The van der Waals surface area contributed by atoms with Gasteiger partial charge in [0.2, 0.25) is 51.3 Å². The maximum absolute atomic E-state index is 14.0. The normalized spacial score (nSPS) is 15.0. The van der Waals surface area contributed by atoms with Crippen LogP contribution in [0.25, 0.3) is 33.5 Å². The SMILES string of the molecule is CCN(CCc1c2c(nc3cc4c(cc13)OCO4)-c1cc3c(c(=O)n1C2)COC(=O)[C@]3(O)CC)C(=O)COCNC(=O)CNC(=O)[C@H](CCCCN(C)C)NC(=O)[C@@H](NC(=O)COCCOCCOCCOCCOCCOCCOCCOCCn1cc(-c2cnc(S(C)(=O)=O)nc2)nn1)C(C)C. The van der Waals surface area contributed by atoms with Gasteiger partial charge in [0.05, 0.1) is 147 Å². The van der Waals surface area contributed by atoms with Crippen LogP contribution in [0.5, 0.6) is 11.5 Å². The molecule has 5 amide bonds. The summed E-state index contributed by atoms with van der Waals surface area (Å²) in [5.41, 5.74) is 2.03. The van der Waals surface area contributed by atoms with E-state index in [0.29, 0.717) is 145 Å². The summed E-state index contributed by atoms with van der Waals surface area (Å²) in [6.07, 6.45) is 7.35. The minimum absolute atomic E-state index is 0.0104. The smallest absolute Gasteiger partial charge is 0.343 e. The zero-order valence-electron chi connectivity index (χ0n) is 60.1. The third-order valence-corrected chi connectivity index (χ3v) is 17.9. The lowest BCUT2D eigenvalue weighted by molar-refractivity contribution is -0.172. The lowest BCUT2D eigenvalue weighted by Crippen LogP contribution is -2.56. The summed E-state index contributed by atoms with van der Waals surface area (Å²) in [6.45, 7) is 12.2. The summed E-state index contributed by atoms with van der Waals surface area (Å²) in [7, 11) is 0.351. The molecule has 5 N–H and O–H groups in total. The van der Waals surface area contributed by atoms with Gasteiger partial charge in [0.1, 0.15) is 44.3 Å². The van der Waals surface area contributed by atoms with Crippen molar-refractivity contribution in [3.8, 4) is 34.1 Å². The van der Waals surface area contributed by atoms with Gasteiger partial charge in [-0.1, -0.05) is 26.0 Å². The monoisotopic (exact) mass is 1480 g/mol. The molecule has 35 nitrogen and oxygen atoms in total. The third kappa shape index (κ3) is 23.6. The van der Waals surface area contributed by atoms with Crippen LogP contribution in [0.3, 0.4) is 0 Å². The molecule has 572 valence electrons. The Hall–Kier alpha value is -8.27. The van der Waals surface area contributed by atoms with E-state index in [4.69, 9.17) is 61.8 Å². The van der Waals surface area contributed by atoms with Crippen LogP contribution in [0.4, 0.5) is 0 Å². The predicted octanol–water partition coefficient (Wildman–Crippen LogP) is 0.0483. The number of ether oxygens (including phenoxy) is 12. The molecular weight excluding hydrogens is 1380 g/mol. The molecule has 0 saturated carbocycles. The first kappa shape index (κ1) is 81.4. The van der Waals surface area contributed by atoms with Crippen molar-refractivity contribution in [2.45, 2.75) is 102 Å². The highest BCUT2D eigenvalue weighted by Crippen LogP contribution is 2.43. The van der Waals surface area contributed by atoms with Crippen LogP contribution in [0.15, 0.2) is 46.7 Å². The van der Waals surface area contributed by atoms with Crippen LogP contribution in [0.2, 0.25) is 0 Å². The second-order valence-electron chi connectivity index (χ2n) is 25.2. The zero-order valence-corrected chi connectivity index (χ0v) is 60.9. The van der Waals surface area contributed by atoms with E-state index in [9.17, 15) is 47.1 Å². The number of esters is 1. The van der Waals surface area contributed by atoms with Crippen LogP contribution in [0.1, 0.15) is 75.6 Å². The maximum Gasteiger partial charge on any atom is 0.343 e. The number of hydrogen-bond donors (Lipinski definition) is 5. The number of hydrogen-bond acceptors (Lipinski definition) is 28. The van der Waals surface area contributed by atoms with Gasteiger partial charge in [0.25, 0.3) is 5.56 Å². The van der Waals surface area contributed by atoms with Crippen molar-refractivity contribution in [3.63, 3.8) is 0 Å². The van der Waals surface area contributed by atoms with E-state index in [1.807, 2.05) is 32.0 Å². The van der Waals surface area contributed by atoms with E-state index < -0.39 is 69.2 Å². The number of carbonyl (C=O) groups excluding carboxylic acids is 6. The molecule has 7 heterocycles. The number of fused-ring (bicyclic) bond motifs is 6. The third-order valence-electron chi connectivity index (χ3n) is 17.0. The molecule has 5 aromatic rings. The van der Waals surface area contributed by atoms with Gasteiger partial charge in [0.15, 0.2) is 17.1 Å². The van der Waals surface area contributed by atoms with Crippen molar-refractivity contribution in [1.82, 2.24) is 65.6 Å². The molecule has 3 aliphatic heterocycles. The molecule has 0 unspecified atom stereocenters. The van der Waals surface area contributed by atoms with Crippen LogP contribution in [0, 0.1) is 5.92 Å². The van der Waals surface area contributed by atoms with Gasteiger partial charge in [-0.2, -0.15) is 0 Å². The number of rotatable bonds is 49. The Balaban J connectivity index is 0.645. The molecule has 0 aliphatic carbocycles. The zero-order chi connectivity index (χ0) is 74.6. The van der Waals surface area contributed by atoms with Crippen molar-refractivity contribution < 1.29 is 99.1 Å². The van der Waals surface area contributed by atoms with E-state index in [-0.39, 0.29) is 107 Å². The Bertz CT molecular complexity index is 3860. The molecule has 1 aromatic carbocycles. The average Bonchev–Trinajstić information content (AvgIpc) is 1.55. The minimum atomic E-state index is -3.50. The molecule has 0 fully saturated rings. The summed E-state index contributed by atoms with van der Waals surface area (Å²) in [5.74, 6) is -2.92. The largest absolute Gasteiger partial charge is 0.458 e. The van der Waals surface area contributed by atoms with Crippen LogP contribution < -0.4 is 36.3 Å². The molecule has 104 heavy (non-hydrogen) atoms. The summed E-state index contributed by atoms with van der Waals surface area (Å²) < 4.78 is 92.9. The molecule has 0 saturated heterocycles. The van der Waals surface area contributed by atoms with E-state index in [1.165, 1.54) is 12.4 Å². The number of nitrogens with one attached hydrogen (secondary N) is 4. The minimum Gasteiger partial charge on any atom is -0.458 e. The van der Waals surface area contributed by atoms with Gasteiger partial charge in [-0.3, -0.25) is 28.8 Å². The standard InChI is InChI=1S/C68H97N13O22S/c1-8-68(89)51-33-55-62-49(38-81(55)65(87)50(51)40-101-66(68)88)47(48-32-56-57(103-44-102-56)34-53(48)73-62)13-15-79(9-2)60(84)42-100-43-72-58(82)37-69-63(85)52(12-10-11-14-78(5)6)74-64(86)61(45(3)4)75-59(83)41-99-31-30-98-29-28-97-27-26-96-25-24-95-23-22-94-21-20-93-19-18-92-17-16-80-39-54(76-77-80)46-35-70-67(71-36-46)104(7,90)91/h32-36,39,45,52,61,89H,8-31,37-38,40-44H2,1-7H3,(H,69,85)(H,72,82)(H,74,86)(H,75,83)/t52-,61-,68-/m0/s1. The number of aromatic nitrogens is 7. The quantitative estimate of drug-likeness (QED) is 0.0146. The molecular formula is C68H97N13O22S. The van der Waals surface area contributed by atoms with Crippen molar-refractivity contribution in [2.24, 2.45) is 5.92 Å². The second kappa shape index (κ2) is 40.9. The number of unbranched alkanes of at least 4 members (excludes halogenated alkanes) is 1. The summed E-state index contributed by atoms with van der Waals surface area (Å²) in [6, 6.07) is 3.17. The van der Waals surface area contributed by atoms with Crippen molar-refractivity contribution >= 4 is 56.2 Å². The van der Waals surface area contributed by atoms with Gasteiger partial charge >= 0.3 is 5.97 Å². The highest BCUT2D eigenvalue weighted by atomic mass is 32.2. The highest BCUT2D eigenvalue weighted by molar-refractivity contribution is 7.90. The van der Waals surface area contributed by atoms with Gasteiger partial charge < -0.3 is 97.6 Å². The predicted molar refractivity (Wildman–Crippen MR) is 370 cm³/mol. The lowest BCUT2D eigenvalue weighted by Gasteiger charge is -2.31. The summed E-state index contributed by atoms with van der Waals surface area (Å²) >= 11 is 0. The Morgan fingerprint density at radius 1 is 0.721 bits per heavy atom. The number of cyclic esters (lactones) is 1. The van der Waals surface area contributed by atoms with Gasteiger partial charge in [-0.15, -0.1) is 5.10 Å². The number of aliphatic hydroxyl groups is 1. The van der Waals surface area contributed by atoms with Crippen LogP contribution in [-0.4, -0.2) is 278 Å². The van der Waals surface area contributed by atoms with E-state index in [1.54, 1.807) is 53.2 Å². The van der Waals surface area contributed by atoms with E-state index in [2.05, 4.69) is 41.5 Å². The second-order valence-corrected chi connectivity index (χ2v) is 27.1. The van der Waals surface area contributed by atoms with E-state index in [0.717, 1.165) is 35.7 Å². The average molecular weight is 1480 g/mol. The first-order chi connectivity index (χ1) is 50.1. The molecule has 36 heteroatoms. The van der Waals surface area contributed by atoms with Crippen LogP contribution in [-0.2, 0) is 118 Å². The molecule has 3 atom stereocenters.